The van der Waals surface area contributed by atoms with Gasteiger partial charge in [0.05, 0.1) is 5.16 Å². The third-order valence-corrected chi connectivity index (χ3v) is 7.19. The third-order valence-electron chi connectivity index (χ3n) is 4.60. The molecule has 1 aromatic rings. The van der Waals surface area contributed by atoms with E-state index in [9.17, 15) is 4.57 Å². The molecule has 0 amide bonds. The molecule has 0 saturated heterocycles. The van der Waals surface area contributed by atoms with Crippen molar-refractivity contribution in [2.75, 3.05) is 14.2 Å². The normalized spacial score (nSPS) is 33.7. The van der Waals surface area contributed by atoms with E-state index in [-0.39, 0.29) is 5.16 Å². The fourth-order valence-corrected chi connectivity index (χ4v) is 6.42. The molecule has 0 radical (unpaired) electrons. The first-order valence-corrected chi connectivity index (χ1v) is 7.87. The van der Waals surface area contributed by atoms with Gasteiger partial charge < -0.3 is 9.05 Å². The predicted molar refractivity (Wildman–Crippen MR) is 70.8 cm³/mol. The zero-order valence-corrected chi connectivity index (χ0v) is 11.8. The fourth-order valence-electron chi connectivity index (χ4n) is 3.91. The second kappa shape index (κ2) is 3.93. The van der Waals surface area contributed by atoms with E-state index in [1.54, 1.807) is 0 Å². The Kier molecular flexibility index (Phi) is 2.71. The second-order valence-electron chi connectivity index (χ2n) is 5.78. The highest BCUT2D eigenvalue weighted by molar-refractivity contribution is 7.55. The Bertz CT molecular complexity index is 469. The number of rotatable bonds is 5. The lowest BCUT2D eigenvalue weighted by molar-refractivity contribution is -0.0953. The SMILES string of the molecule is COP(=O)(OC)C12CC(Cc3ccccc3)(C1)C2. The molecule has 3 fully saturated rings. The third kappa shape index (κ3) is 1.54. The molecule has 0 heterocycles. The van der Waals surface area contributed by atoms with Crippen LogP contribution in [0.25, 0.3) is 0 Å². The van der Waals surface area contributed by atoms with Gasteiger partial charge in [0.25, 0.3) is 0 Å². The lowest BCUT2D eigenvalue weighted by Gasteiger charge is -2.71. The Morgan fingerprint density at radius 3 is 2.17 bits per heavy atom. The molecule has 98 valence electrons. The van der Waals surface area contributed by atoms with E-state index < -0.39 is 7.60 Å². The highest BCUT2D eigenvalue weighted by Crippen LogP contribution is 2.84. The summed E-state index contributed by atoms with van der Waals surface area (Å²) in [5.74, 6) is 0. The zero-order chi connectivity index (χ0) is 12.9. The maximum absolute atomic E-state index is 12.4. The van der Waals surface area contributed by atoms with Crippen LogP contribution in [0.15, 0.2) is 30.3 Å². The van der Waals surface area contributed by atoms with Crippen molar-refractivity contribution in [3.63, 3.8) is 0 Å². The van der Waals surface area contributed by atoms with E-state index in [1.807, 2.05) is 6.07 Å². The van der Waals surface area contributed by atoms with Gasteiger partial charge in [-0.15, -0.1) is 0 Å². The summed E-state index contributed by atoms with van der Waals surface area (Å²) in [6.45, 7) is 0. The standard InChI is InChI=1S/C14H19O3P/c1-16-18(15,17-2)14-9-13(10-14,11-14)8-12-6-4-3-5-7-12/h3-7H,8-11H2,1-2H3. The molecule has 3 aliphatic rings. The fraction of sp³-hybridized carbons (Fsp3) is 0.571. The summed E-state index contributed by atoms with van der Waals surface area (Å²) in [5, 5.41) is -0.175. The zero-order valence-electron chi connectivity index (χ0n) is 10.9. The predicted octanol–water partition coefficient (Wildman–Crippen LogP) is 3.64. The van der Waals surface area contributed by atoms with Crippen LogP contribution >= 0.6 is 7.60 Å². The van der Waals surface area contributed by atoms with Crippen molar-refractivity contribution in [1.82, 2.24) is 0 Å². The molecule has 0 N–H and O–H groups in total. The minimum atomic E-state index is -2.88. The van der Waals surface area contributed by atoms with E-state index in [4.69, 9.17) is 9.05 Å². The lowest BCUT2D eigenvalue weighted by atomic mass is 9.42. The molecule has 0 spiro atoms. The molecule has 2 bridgehead atoms. The molecule has 0 atom stereocenters. The highest BCUT2D eigenvalue weighted by atomic mass is 31.2. The Balaban J connectivity index is 1.68. The van der Waals surface area contributed by atoms with Crippen LogP contribution in [0, 0.1) is 5.41 Å². The van der Waals surface area contributed by atoms with Crippen LogP contribution in [0.4, 0.5) is 0 Å². The van der Waals surface area contributed by atoms with E-state index in [2.05, 4.69) is 24.3 Å². The Morgan fingerprint density at radius 1 is 1.11 bits per heavy atom. The first kappa shape index (κ1) is 12.4. The second-order valence-corrected chi connectivity index (χ2v) is 8.45. The molecule has 3 saturated carbocycles. The molecule has 0 aromatic heterocycles. The van der Waals surface area contributed by atoms with Gasteiger partial charge in [0.2, 0.25) is 0 Å². The minimum Gasteiger partial charge on any atom is -0.312 e. The highest BCUT2D eigenvalue weighted by Gasteiger charge is 2.75. The van der Waals surface area contributed by atoms with Crippen LogP contribution in [0.3, 0.4) is 0 Å². The molecule has 1 aromatic carbocycles. The van der Waals surface area contributed by atoms with Crippen molar-refractivity contribution in [3.8, 4) is 0 Å². The summed E-state index contributed by atoms with van der Waals surface area (Å²) < 4.78 is 22.8. The smallest absolute Gasteiger partial charge is 0.312 e. The van der Waals surface area contributed by atoms with E-state index in [1.165, 1.54) is 19.8 Å². The maximum atomic E-state index is 12.4. The Labute approximate surface area is 108 Å². The van der Waals surface area contributed by atoms with Crippen LogP contribution in [0.5, 0.6) is 0 Å². The van der Waals surface area contributed by atoms with Gasteiger partial charge in [-0.2, -0.15) is 0 Å². The number of benzene rings is 1. The lowest BCUT2D eigenvalue weighted by Crippen LogP contribution is -2.67. The molecule has 4 rings (SSSR count). The molecular weight excluding hydrogens is 247 g/mol. The van der Waals surface area contributed by atoms with Crippen LogP contribution < -0.4 is 0 Å². The Morgan fingerprint density at radius 2 is 1.67 bits per heavy atom. The summed E-state index contributed by atoms with van der Waals surface area (Å²) in [6.07, 6.45) is 4.03. The molecule has 18 heavy (non-hydrogen) atoms. The summed E-state index contributed by atoms with van der Waals surface area (Å²) in [5.41, 5.74) is 1.73. The van der Waals surface area contributed by atoms with Crippen LogP contribution in [-0.2, 0) is 20.0 Å². The van der Waals surface area contributed by atoms with Gasteiger partial charge >= 0.3 is 7.60 Å². The van der Waals surface area contributed by atoms with Crippen molar-refractivity contribution < 1.29 is 13.6 Å². The van der Waals surface area contributed by atoms with Crippen molar-refractivity contribution in [2.45, 2.75) is 30.8 Å². The monoisotopic (exact) mass is 266 g/mol. The van der Waals surface area contributed by atoms with Gasteiger partial charge in [0.15, 0.2) is 0 Å². The van der Waals surface area contributed by atoms with Crippen LogP contribution in [0.1, 0.15) is 24.8 Å². The van der Waals surface area contributed by atoms with Crippen molar-refractivity contribution >= 4 is 7.60 Å². The minimum absolute atomic E-state index is 0.175. The average Bonchev–Trinajstić information content (AvgIpc) is 2.32. The van der Waals surface area contributed by atoms with Crippen molar-refractivity contribution in [3.05, 3.63) is 35.9 Å². The molecule has 0 unspecified atom stereocenters. The van der Waals surface area contributed by atoms with Crippen molar-refractivity contribution in [1.29, 1.82) is 0 Å². The summed E-state index contributed by atoms with van der Waals surface area (Å²) in [7, 11) is 0.111. The van der Waals surface area contributed by atoms with Crippen molar-refractivity contribution in [2.24, 2.45) is 5.41 Å². The molecule has 3 nitrogen and oxygen atoms in total. The van der Waals surface area contributed by atoms with E-state index in [0.29, 0.717) is 5.41 Å². The van der Waals surface area contributed by atoms with Gasteiger partial charge in [-0.1, -0.05) is 30.3 Å². The van der Waals surface area contributed by atoms with E-state index >= 15 is 0 Å². The molecule has 0 aliphatic heterocycles. The topological polar surface area (TPSA) is 35.5 Å². The summed E-state index contributed by atoms with van der Waals surface area (Å²) >= 11 is 0. The quantitative estimate of drug-likeness (QED) is 0.763. The molecule has 3 aliphatic carbocycles. The largest absolute Gasteiger partial charge is 0.336 e. The van der Waals surface area contributed by atoms with E-state index in [0.717, 1.165) is 25.7 Å². The summed E-state index contributed by atoms with van der Waals surface area (Å²) in [4.78, 5) is 0. The van der Waals surface area contributed by atoms with Crippen LogP contribution in [-0.4, -0.2) is 19.4 Å². The number of hydrogen-bond donors (Lipinski definition) is 0. The Hall–Kier alpha value is -0.630. The van der Waals surface area contributed by atoms with Gasteiger partial charge in [-0.25, -0.2) is 0 Å². The van der Waals surface area contributed by atoms with Gasteiger partial charge in [-0.05, 0) is 36.7 Å². The van der Waals surface area contributed by atoms with Gasteiger partial charge in [0.1, 0.15) is 0 Å². The maximum Gasteiger partial charge on any atom is 0.336 e. The van der Waals surface area contributed by atoms with Gasteiger partial charge in [-0.3, -0.25) is 4.57 Å². The number of hydrogen-bond acceptors (Lipinski definition) is 3. The van der Waals surface area contributed by atoms with Crippen LogP contribution in [0.2, 0.25) is 0 Å². The summed E-state index contributed by atoms with van der Waals surface area (Å²) in [6, 6.07) is 10.5. The average molecular weight is 266 g/mol. The molecular formula is C14H19O3P. The first-order valence-electron chi connectivity index (χ1n) is 6.33. The van der Waals surface area contributed by atoms with Gasteiger partial charge in [0, 0.05) is 14.2 Å². The molecule has 4 heteroatoms. The first-order chi connectivity index (χ1) is 8.57.